The first kappa shape index (κ1) is 19.3. The Morgan fingerprint density at radius 1 is 1.22 bits per heavy atom. The number of carbonyl (C=O) groups excluding carboxylic acids is 1. The Bertz CT molecular complexity index is 773. The van der Waals surface area contributed by atoms with Crippen molar-refractivity contribution in [3.8, 4) is 0 Å². The molecular weight excluding hydrogens is 367 g/mol. The second-order valence-corrected chi connectivity index (χ2v) is 6.84. The summed E-state index contributed by atoms with van der Waals surface area (Å²) >= 11 is 0. The summed E-state index contributed by atoms with van der Waals surface area (Å²) in [5.41, 5.74) is -3.77. The zero-order chi connectivity index (χ0) is 19.8. The predicted molar refractivity (Wildman–Crippen MR) is 88.9 cm³/mol. The molecule has 0 aromatic heterocycles. The van der Waals surface area contributed by atoms with Crippen molar-refractivity contribution in [2.75, 3.05) is 0 Å². The zero-order valence-corrected chi connectivity index (χ0v) is 14.3. The molecule has 0 saturated heterocycles. The smallest absolute Gasteiger partial charge is 0.362 e. The molecular formula is C17H18F3N3O4. The zero-order valence-electron chi connectivity index (χ0n) is 14.3. The van der Waals surface area contributed by atoms with E-state index >= 15 is 0 Å². The first-order chi connectivity index (χ1) is 12.6. The van der Waals surface area contributed by atoms with Gasteiger partial charge in [0.1, 0.15) is 0 Å². The molecule has 1 saturated carbocycles. The molecule has 1 aliphatic heterocycles. The number of aliphatic hydroxyl groups is 1. The predicted octanol–water partition coefficient (Wildman–Crippen LogP) is 3.63. The van der Waals surface area contributed by atoms with Gasteiger partial charge in [-0.05, 0) is 30.9 Å². The Balaban J connectivity index is 1.93. The molecule has 0 radical (unpaired) electrons. The number of nitro groups is 1. The summed E-state index contributed by atoms with van der Waals surface area (Å²) in [7, 11) is 0. The molecule has 1 N–H and O–H groups in total. The van der Waals surface area contributed by atoms with Gasteiger partial charge in [-0.15, -0.1) is 0 Å². The molecule has 0 unspecified atom stereocenters. The summed E-state index contributed by atoms with van der Waals surface area (Å²) < 4.78 is 40.7. The van der Waals surface area contributed by atoms with E-state index in [1.807, 2.05) is 0 Å². The lowest BCUT2D eigenvalue weighted by Gasteiger charge is -2.32. The first-order valence-corrected chi connectivity index (χ1v) is 8.59. The van der Waals surface area contributed by atoms with E-state index in [1.165, 1.54) is 0 Å². The van der Waals surface area contributed by atoms with Crippen molar-refractivity contribution in [1.29, 1.82) is 0 Å². The van der Waals surface area contributed by atoms with Gasteiger partial charge in [-0.3, -0.25) is 14.9 Å². The largest absolute Gasteiger partial charge is 0.438 e. The highest BCUT2D eigenvalue weighted by molar-refractivity contribution is 5.99. The Morgan fingerprint density at radius 3 is 2.33 bits per heavy atom. The van der Waals surface area contributed by atoms with Gasteiger partial charge in [0, 0.05) is 29.8 Å². The highest BCUT2D eigenvalue weighted by atomic mass is 19.4. The molecule has 1 amide bonds. The van der Waals surface area contributed by atoms with E-state index < -0.39 is 29.2 Å². The maximum absolute atomic E-state index is 13.6. The van der Waals surface area contributed by atoms with Crippen LogP contribution in [0.3, 0.4) is 0 Å². The molecule has 27 heavy (non-hydrogen) atoms. The number of nitrogens with zero attached hydrogens (tertiary/aromatic N) is 3. The molecule has 0 bridgehead atoms. The van der Waals surface area contributed by atoms with E-state index in [0.29, 0.717) is 12.8 Å². The molecule has 0 spiro atoms. The van der Waals surface area contributed by atoms with Crippen LogP contribution in [-0.4, -0.2) is 38.6 Å². The molecule has 1 aliphatic carbocycles. The minimum Gasteiger partial charge on any atom is -0.362 e. The number of nitro benzene ring substituents is 1. The van der Waals surface area contributed by atoms with Crippen molar-refractivity contribution in [2.45, 2.75) is 50.4 Å². The number of benzene rings is 1. The van der Waals surface area contributed by atoms with Gasteiger partial charge in [0.25, 0.3) is 17.3 Å². The van der Waals surface area contributed by atoms with E-state index in [4.69, 9.17) is 0 Å². The summed E-state index contributed by atoms with van der Waals surface area (Å²) in [5, 5.41) is 25.0. The molecule has 1 aromatic rings. The second-order valence-electron chi connectivity index (χ2n) is 6.84. The van der Waals surface area contributed by atoms with Crippen molar-refractivity contribution in [1.82, 2.24) is 5.01 Å². The number of halogens is 3. The van der Waals surface area contributed by atoms with Gasteiger partial charge in [0.2, 0.25) is 0 Å². The number of hydrogen-bond acceptors (Lipinski definition) is 5. The normalized spacial score (nSPS) is 24.0. The average molecular weight is 385 g/mol. The van der Waals surface area contributed by atoms with Crippen LogP contribution in [0.2, 0.25) is 0 Å². The van der Waals surface area contributed by atoms with Gasteiger partial charge in [0.15, 0.2) is 0 Å². The van der Waals surface area contributed by atoms with E-state index in [9.17, 15) is 33.2 Å². The van der Waals surface area contributed by atoms with Crippen LogP contribution in [-0.2, 0) is 0 Å². The Hall–Kier alpha value is -2.49. The number of rotatable bonds is 3. The molecule has 1 atom stereocenters. The third-order valence-corrected chi connectivity index (χ3v) is 5.05. The van der Waals surface area contributed by atoms with Gasteiger partial charge in [0.05, 0.1) is 4.92 Å². The van der Waals surface area contributed by atoms with Crippen molar-refractivity contribution >= 4 is 17.3 Å². The van der Waals surface area contributed by atoms with Crippen molar-refractivity contribution in [2.24, 2.45) is 11.0 Å². The van der Waals surface area contributed by atoms with Crippen molar-refractivity contribution in [3.63, 3.8) is 0 Å². The number of alkyl halides is 3. The highest BCUT2D eigenvalue weighted by Gasteiger charge is 2.63. The van der Waals surface area contributed by atoms with Gasteiger partial charge < -0.3 is 5.11 Å². The van der Waals surface area contributed by atoms with E-state index in [-0.39, 0.29) is 27.9 Å². The molecule has 146 valence electrons. The van der Waals surface area contributed by atoms with Crippen LogP contribution < -0.4 is 0 Å². The monoisotopic (exact) mass is 385 g/mol. The average Bonchev–Trinajstić information content (AvgIpc) is 3.01. The summed E-state index contributed by atoms with van der Waals surface area (Å²) in [6.07, 6.45) is -1.80. The van der Waals surface area contributed by atoms with E-state index in [1.54, 1.807) is 0 Å². The fraction of sp³-hybridized carbons (Fsp3) is 0.529. The highest BCUT2D eigenvalue weighted by Crippen LogP contribution is 2.43. The summed E-state index contributed by atoms with van der Waals surface area (Å²) in [6.45, 7) is 0. The second kappa shape index (κ2) is 6.91. The molecule has 1 aromatic carbocycles. The van der Waals surface area contributed by atoms with Gasteiger partial charge in [-0.2, -0.15) is 23.3 Å². The molecule has 10 heteroatoms. The number of amides is 1. The lowest BCUT2D eigenvalue weighted by Crippen LogP contribution is -2.56. The Kier molecular flexibility index (Phi) is 4.94. The first-order valence-electron chi connectivity index (χ1n) is 8.59. The molecule has 3 rings (SSSR count). The van der Waals surface area contributed by atoms with Crippen LogP contribution in [0, 0.1) is 16.0 Å². The maximum atomic E-state index is 13.6. The Morgan fingerprint density at radius 2 is 1.81 bits per heavy atom. The SMILES string of the molecule is O=C(c1ccc([N+](=O)[O-])cc1)N1N=C(C2CCCCC2)C[C@]1(O)C(F)(F)F. The number of carbonyl (C=O) groups is 1. The van der Waals surface area contributed by atoms with Crippen LogP contribution in [0.1, 0.15) is 48.9 Å². The fourth-order valence-electron chi connectivity index (χ4n) is 3.52. The van der Waals surface area contributed by atoms with Crippen LogP contribution in [0.15, 0.2) is 29.4 Å². The van der Waals surface area contributed by atoms with E-state index in [0.717, 1.165) is 43.5 Å². The minimum atomic E-state index is -5.09. The van der Waals surface area contributed by atoms with Crippen LogP contribution in [0.5, 0.6) is 0 Å². The minimum absolute atomic E-state index is 0.0815. The maximum Gasteiger partial charge on any atom is 0.438 e. The lowest BCUT2D eigenvalue weighted by molar-refractivity contribution is -0.384. The number of hydrazone groups is 1. The van der Waals surface area contributed by atoms with Crippen LogP contribution >= 0.6 is 0 Å². The topological polar surface area (TPSA) is 96.0 Å². The molecule has 1 heterocycles. The van der Waals surface area contributed by atoms with Crippen molar-refractivity contribution in [3.05, 3.63) is 39.9 Å². The third kappa shape index (κ3) is 3.53. The van der Waals surface area contributed by atoms with Gasteiger partial charge in [-0.25, -0.2) is 0 Å². The number of hydrogen-bond donors (Lipinski definition) is 1. The summed E-state index contributed by atoms with van der Waals surface area (Å²) in [6, 6.07) is 4.13. The van der Waals surface area contributed by atoms with Crippen LogP contribution in [0.25, 0.3) is 0 Å². The van der Waals surface area contributed by atoms with Gasteiger partial charge >= 0.3 is 6.18 Å². The fourth-order valence-corrected chi connectivity index (χ4v) is 3.52. The third-order valence-electron chi connectivity index (χ3n) is 5.05. The van der Waals surface area contributed by atoms with Crippen LogP contribution in [0.4, 0.5) is 18.9 Å². The molecule has 1 fully saturated rings. The molecule has 2 aliphatic rings. The van der Waals surface area contributed by atoms with Gasteiger partial charge in [-0.1, -0.05) is 19.3 Å². The standard InChI is InChI=1S/C17H18F3N3O4/c18-17(19,20)16(25)10-14(11-4-2-1-3-5-11)21-22(16)15(24)12-6-8-13(9-7-12)23(26)27/h6-9,11,25H,1-5,10H2/t16-/m0/s1. The lowest BCUT2D eigenvalue weighted by atomic mass is 9.83. The Labute approximate surface area is 152 Å². The quantitative estimate of drug-likeness (QED) is 0.635. The summed E-state index contributed by atoms with van der Waals surface area (Å²) in [4.78, 5) is 22.6. The number of non-ortho nitro benzene ring substituents is 1. The van der Waals surface area contributed by atoms with Crippen molar-refractivity contribution < 1.29 is 28.0 Å². The van der Waals surface area contributed by atoms with E-state index in [2.05, 4.69) is 5.10 Å². The molecule has 7 nitrogen and oxygen atoms in total. The summed E-state index contributed by atoms with van der Waals surface area (Å²) in [5.74, 6) is -1.35.